The SMILES string of the molecule is Cc1c(-c2c3c(O)c(O)c(C4CC4)c(O)c3c(-c3c(O)c(O)c4c(O)c(C5C=C5)c(O)c(O)c4c3O)c3c(O)c(O)c(-c4cccc5ccccc45)c(O)c23)c(O)c2c(O)c(O)c(O)c(O)c2c1O. The summed E-state index contributed by atoms with van der Waals surface area (Å²) in [5.41, 5.74) is -5.15. The van der Waals surface area contributed by atoms with Crippen molar-refractivity contribution in [2.45, 2.75) is 31.6 Å². The van der Waals surface area contributed by atoms with E-state index < -0.39 is 192 Å². The molecule has 348 valence electrons. The smallest absolute Gasteiger partial charge is 0.205 e. The highest BCUT2D eigenvalue weighted by atomic mass is 16.4. The Morgan fingerprint density at radius 1 is 0.319 bits per heavy atom. The van der Waals surface area contributed by atoms with Crippen LogP contribution in [0.2, 0.25) is 0 Å². The van der Waals surface area contributed by atoms with Crippen molar-refractivity contribution in [3.05, 3.63) is 71.3 Å². The Morgan fingerprint density at radius 3 is 1.33 bits per heavy atom. The third-order valence-electron chi connectivity index (χ3n) is 13.6. The van der Waals surface area contributed by atoms with E-state index >= 15 is 0 Å². The van der Waals surface area contributed by atoms with Crippen LogP contribution in [-0.4, -0.2) is 91.9 Å². The standard InChI is InChI=1S/C51H36O18/c1-13-19(35(53)31-30(34(13)52)48(66)50(68)51(69)49(31)67)23-25-28(44(62)42(60)22(38(25)56)18-8-4-6-14-5-2-3-7-17(14)18)24(26-27(23)43(61)40(58)20(36(26)54)15-9-10-15)29-39(57)33-32(47(65)45(29)63)37(55)21(16-11-12-16)41(59)46(33)64/h2-8,11-12,15-16,52-69H,9-10H2,1H3. The minimum Gasteiger partial charge on any atom is -0.507 e. The van der Waals surface area contributed by atoms with E-state index in [9.17, 15) is 91.9 Å². The molecule has 0 aliphatic heterocycles. The Hall–Kier alpha value is -9.58. The van der Waals surface area contributed by atoms with Crippen LogP contribution in [0.5, 0.6) is 103 Å². The summed E-state index contributed by atoms with van der Waals surface area (Å²) in [6.45, 7) is 1.11. The van der Waals surface area contributed by atoms with Crippen molar-refractivity contribution in [1.29, 1.82) is 0 Å². The second-order valence-corrected chi connectivity index (χ2v) is 17.3. The number of rotatable bonds is 5. The van der Waals surface area contributed by atoms with Gasteiger partial charge < -0.3 is 91.9 Å². The lowest BCUT2D eigenvalue weighted by atomic mass is 9.79. The minimum atomic E-state index is -1.38. The molecule has 0 saturated heterocycles. The summed E-state index contributed by atoms with van der Waals surface area (Å²) in [5, 5.41) is 207. The van der Waals surface area contributed by atoms with Crippen molar-refractivity contribution in [3.8, 4) is 137 Å². The van der Waals surface area contributed by atoms with E-state index in [1.807, 2.05) is 0 Å². The molecule has 0 atom stereocenters. The summed E-state index contributed by atoms with van der Waals surface area (Å²) in [7, 11) is 0. The molecule has 0 aromatic heterocycles. The molecule has 9 aromatic carbocycles. The largest absolute Gasteiger partial charge is 0.507 e. The van der Waals surface area contributed by atoms with Crippen molar-refractivity contribution < 1.29 is 91.9 Å². The van der Waals surface area contributed by atoms with Crippen LogP contribution >= 0.6 is 0 Å². The number of phenolic OH excluding ortho intramolecular Hbond substituents is 18. The van der Waals surface area contributed by atoms with Gasteiger partial charge in [0.1, 0.15) is 34.5 Å². The van der Waals surface area contributed by atoms with Crippen molar-refractivity contribution >= 4 is 53.9 Å². The van der Waals surface area contributed by atoms with Gasteiger partial charge in [0, 0.05) is 55.3 Å². The van der Waals surface area contributed by atoms with Crippen LogP contribution in [0.25, 0.3) is 87.2 Å². The molecule has 0 radical (unpaired) electrons. The first-order valence-corrected chi connectivity index (χ1v) is 21.0. The average Bonchev–Trinajstić information content (AvgIpc) is 4.28. The fourth-order valence-electron chi connectivity index (χ4n) is 10.2. The molecule has 69 heavy (non-hydrogen) atoms. The predicted octanol–water partition coefficient (Wildman–Crippen LogP) is 8.99. The summed E-state index contributed by atoms with van der Waals surface area (Å²) < 4.78 is 0. The summed E-state index contributed by atoms with van der Waals surface area (Å²) in [4.78, 5) is 0. The van der Waals surface area contributed by atoms with Crippen LogP contribution in [0.15, 0.2) is 54.6 Å². The van der Waals surface area contributed by atoms with E-state index in [4.69, 9.17) is 0 Å². The molecule has 0 unspecified atom stereocenters. The highest BCUT2D eigenvalue weighted by molar-refractivity contribution is 6.32. The van der Waals surface area contributed by atoms with Gasteiger partial charge in [0.15, 0.2) is 57.5 Å². The Morgan fingerprint density at radius 2 is 0.725 bits per heavy atom. The van der Waals surface area contributed by atoms with Gasteiger partial charge in [0.25, 0.3) is 0 Å². The second kappa shape index (κ2) is 13.7. The first-order chi connectivity index (χ1) is 32.7. The molecule has 18 heteroatoms. The Balaban J connectivity index is 1.47. The highest BCUT2D eigenvalue weighted by Gasteiger charge is 2.41. The molecule has 1 saturated carbocycles. The van der Waals surface area contributed by atoms with Crippen LogP contribution in [0.1, 0.15) is 41.4 Å². The maximum absolute atomic E-state index is 13.0. The summed E-state index contributed by atoms with van der Waals surface area (Å²) in [6.07, 6.45) is 3.65. The first-order valence-electron chi connectivity index (χ1n) is 21.0. The Labute approximate surface area is 384 Å². The summed E-state index contributed by atoms with van der Waals surface area (Å²) in [6, 6.07) is 11.3. The van der Waals surface area contributed by atoms with Crippen LogP contribution in [0.4, 0.5) is 0 Å². The number of allylic oxidation sites excluding steroid dienone is 2. The van der Waals surface area contributed by atoms with Crippen molar-refractivity contribution in [2.75, 3.05) is 0 Å². The number of fused-ring (bicyclic) bond motifs is 5. The van der Waals surface area contributed by atoms with Gasteiger partial charge in [0.05, 0.1) is 38.2 Å². The highest BCUT2D eigenvalue weighted by Crippen LogP contribution is 2.69. The lowest BCUT2D eigenvalue weighted by molar-refractivity contribution is 0.349. The van der Waals surface area contributed by atoms with Gasteiger partial charge in [-0.25, -0.2) is 0 Å². The van der Waals surface area contributed by atoms with Gasteiger partial charge in [-0.05, 0) is 42.0 Å². The van der Waals surface area contributed by atoms with Gasteiger partial charge in [-0.3, -0.25) is 0 Å². The molecule has 0 heterocycles. The summed E-state index contributed by atoms with van der Waals surface area (Å²) in [5.74, 6) is -22.3. The van der Waals surface area contributed by atoms with E-state index in [0.29, 0.717) is 23.6 Å². The van der Waals surface area contributed by atoms with Crippen molar-refractivity contribution in [2.24, 2.45) is 0 Å². The summed E-state index contributed by atoms with van der Waals surface area (Å²) >= 11 is 0. The number of aromatic hydroxyl groups is 18. The monoisotopic (exact) mass is 936 g/mol. The predicted molar refractivity (Wildman–Crippen MR) is 249 cm³/mol. The van der Waals surface area contributed by atoms with Gasteiger partial charge in [-0.15, -0.1) is 0 Å². The maximum atomic E-state index is 13.0. The van der Waals surface area contributed by atoms with E-state index in [-0.39, 0.29) is 16.7 Å². The molecule has 11 rings (SSSR count). The molecular weight excluding hydrogens is 901 g/mol. The molecule has 18 N–H and O–H groups in total. The Bertz CT molecular complexity index is 3950. The topological polar surface area (TPSA) is 364 Å². The van der Waals surface area contributed by atoms with Crippen molar-refractivity contribution in [3.63, 3.8) is 0 Å². The number of hydrogen-bond donors (Lipinski definition) is 18. The molecule has 0 bridgehead atoms. The quantitative estimate of drug-likeness (QED) is 0.0331. The number of benzene rings is 9. The number of phenols is 18. The van der Waals surface area contributed by atoms with Gasteiger partial charge in [0.2, 0.25) is 11.5 Å². The molecular formula is C51H36O18. The normalized spacial score (nSPS) is 13.8. The van der Waals surface area contributed by atoms with E-state index in [1.165, 1.54) is 24.3 Å². The Kier molecular flexibility index (Phi) is 8.38. The van der Waals surface area contributed by atoms with E-state index in [2.05, 4.69) is 0 Å². The van der Waals surface area contributed by atoms with E-state index in [0.717, 1.165) is 6.92 Å². The van der Waals surface area contributed by atoms with E-state index in [1.54, 1.807) is 30.3 Å². The van der Waals surface area contributed by atoms with Crippen LogP contribution in [0.3, 0.4) is 0 Å². The minimum absolute atomic E-state index is 0.0306. The number of hydrogen-bond acceptors (Lipinski definition) is 18. The zero-order chi connectivity index (χ0) is 49.3. The molecule has 0 spiro atoms. The van der Waals surface area contributed by atoms with Crippen LogP contribution in [0, 0.1) is 6.92 Å². The fourth-order valence-corrected chi connectivity index (χ4v) is 10.2. The lowest BCUT2D eigenvalue weighted by Crippen LogP contribution is -2.00. The van der Waals surface area contributed by atoms with Gasteiger partial charge in [-0.1, -0.05) is 54.6 Å². The third-order valence-corrected chi connectivity index (χ3v) is 13.6. The third kappa shape index (κ3) is 5.18. The zero-order valence-electron chi connectivity index (χ0n) is 35.3. The molecule has 0 amide bonds. The van der Waals surface area contributed by atoms with Gasteiger partial charge >= 0.3 is 0 Å². The second-order valence-electron chi connectivity index (χ2n) is 17.3. The fraction of sp³-hybridized carbons (Fsp3) is 0.0980. The van der Waals surface area contributed by atoms with Crippen molar-refractivity contribution in [1.82, 2.24) is 0 Å². The molecule has 1 fully saturated rings. The maximum Gasteiger partial charge on any atom is 0.205 e. The van der Waals surface area contributed by atoms with Crippen LogP contribution < -0.4 is 0 Å². The van der Waals surface area contributed by atoms with Gasteiger partial charge in [-0.2, -0.15) is 0 Å². The average molecular weight is 937 g/mol. The first kappa shape index (κ1) is 42.1. The molecule has 2 aliphatic rings. The lowest BCUT2D eigenvalue weighted by Gasteiger charge is -2.27. The molecule has 2 aliphatic carbocycles. The molecule has 9 aromatic rings. The molecule has 18 nitrogen and oxygen atoms in total. The van der Waals surface area contributed by atoms with Crippen LogP contribution in [-0.2, 0) is 0 Å². The zero-order valence-corrected chi connectivity index (χ0v) is 35.3.